The standard InChI is InChI=1S/C13H15ClN2O2/c1-13(2,3)18-12(17)8-4-5-9-10(6-8)16-11(7-14)15-9/h4-6H,7H2,1-3H3,(H,15,16). The Labute approximate surface area is 110 Å². The molecule has 4 nitrogen and oxygen atoms in total. The third kappa shape index (κ3) is 2.82. The van der Waals surface area contributed by atoms with Crippen LogP contribution in [0.25, 0.3) is 11.0 Å². The molecule has 0 saturated heterocycles. The summed E-state index contributed by atoms with van der Waals surface area (Å²) in [5.74, 6) is 0.663. The highest BCUT2D eigenvalue weighted by atomic mass is 35.5. The number of carbonyl (C=O) groups is 1. The second kappa shape index (κ2) is 4.61. The van der Waals surface area contributed by atoms with Crippen LogP contribution in [0.4, 0.5) is 0 Å². The molecule has 0 unspecified atom stereocenters. The lowest BCUT2D eigenvalue weighted by Gasteiger charge is -2.19. The van der Waals surface area contributed by atoms with Crippen molar-refractivity contribution in [2.75, 3.05) is 0 Å². The van der Waals surface area contributed by atoms with Crippen LogP contribution in [0.5, 0.6) is 0 Å². The van der Waals surface area contributed by atoms with Crippen molar-refractivity contribution in [2.45, 2.75) is 32.3 Å². The molecule has 5 heteroatoms. The minimum Gasteiger partial charge on any atom is -0.456 e. The largest absolute Gasteiger partial charge is 0.456 e. The van der Waals surface area contributed by atoms with Gasteiger partial charge in [-0.15, -0.1) is 11.6 Å². The highest BCUT2D eigenvalue weighted by Crippen LogP contribution is 2.17. The van der Waals surface area contributed by atoms with Gasteiger partial charge in [0.15, 0.2) is 0 Å². The molecule has 1 aromatic carbocycles. The Kier molecular flexibility index (Phi) is 3.30. The van der Waals surface area contributed by atoms with Crippen molar-refractivity contribution < 1.29 is 9.53 Å². The molecule has 0 aliphatic heterocycles. The lowest BCUT2D eigenvalue weighted by atomic mass is 10.1. The van der Waals surface area contributed by atoms with Crippen LogP contribution in [-0.2, 0) is 10.6 Å². The molecule has 0 fully saturated rings. The first-order valence-corrected chi connectivity index (χ1v) is 6.20. The van der Waals surface area contributed by atoms with Gasteiger partial charge in [-0.05, 0) is 39.0 Å². The molecule has 0 aliphatic rings. The highest BCUT2D eigenvalue weighted by molar-refractivity contribution is 6.16. The average Bonchev–Trinajstić information content (AvgIpc) is 2.68. The molecule has 18 heavy (non-hydrogen) atoms. The molecule has 0 saturated carbocycles. The summed E-state index contributed by atoms with van der Waals surface area (Å²) >= 11 is 5.70. The van der Waals surface area contributed by atoms with Crippen molar-refractivity contribution >= 4 is 28.6 Å². The van der Waals surface area contributed by atoms with E-state index in [2.05, 4.69) is 9.97 Å². The molecule has 96 valence electrons. The van der Waals surface area contributed by atoms with Gasteiger partial charge in [0.1, 0.15) is 11.4 Å². The Morgan fingerprint density at radius 1 is 1.44 bits per heavy atom. The number of esters is 1. The quantitative estimate of drug-likeness (QED) is 0.670. The van der Waals surface area contributed by atoms with Gasteiger partial charge in [0.25, 0.3) is 0 Å². The number of hydrogen-bond donors (Lipinski definition) is 1. The fourth-order valence-electron chi connectivity index (χ4n) is 1.59. The summed E-state index contributed by atoms with van der Waals surface area (Å²) in [7, 11) is 0. The first-order valence-electron chi connectivity index (χ1n) is 5.67. The van der Waals surface area contributed by atoms with Gasteiger partial charge in [-0.3, -0.25) is 0 Å². The molecule has 0 amide bonds. The molecular weight excluding hydrogens is 252 g/mol. The van der Waals surface area contributed by atoms with Crippen LogP contribution < -0.4 is 0 Å². The Balaban J connectivity index is 2.32. The maximum atomic E-state index is 11.9. The van der Waals surface area contributed by atoms with Gasteiger partial charge in [-0.25, -0.2) is 9.78 Å². The van der Waals surface area contributed by atoms with Crippen LogP contribution in [0.15, 0.2) is 18.2 Å². The molecule has 0 aliphatic carbocycles. The van der Waals surface area contributed by atoms with E-state index in [0.717, 1.165) is 11.0 Å². The van der Waals surface area contributed by atoms with Crippen molar-refractivity contribution in [3.63, 3.8) is 0 Å². The lowest BCUT2D eigenvalue weighted by Crippen LogP contribution is -2.23. The number of carbonyl (C=O) groups excluding carboxylic acids is 1. The summed E-state index contributed by atoms with van der Waals surface area (Å²) < 4.78 is 5.31. The minimum atomic E-state index is -0.499. The summed E-state index contributed by atoms with van der Waals surface area (Å²) in [6.07, 6.45) is 0. The number of alkyl halides is 1. The number of imidazole rings is 1. The Bertz CT molecular complexity index is 584. The van der Waals surface area contributed by atoms with E-state index in [9.17, 15) is 4.79 Å². The van der Waals surface area contributed by atoms with Crippen molar-refractivity contribution in [1.29, 1.82) is 0 Å². The van der Waals surface area contributed by atoms with E-state index in [1.54, 1.807) is 18.2 Å². The third-order valence-corrected chi connectivity index (χ3v) is 2.55. The number of fused-ring (bicyclic) bond motifs is 1. The lowest BCUT2D eigenvalue weighted by molar-refractivity contribution is 0.00697. The number of ether oxygens (including phenoxy) is 1. The van der Waals surface area contributed by atoms with Gasteiger partial charge < -0.3 is 9.72 Å². The van der Waals surface area contributed by atoms with Crippen LogP contribution in [0.3, 0.4) is 0 Å². The zero-order valence-electron chi connectivity index (χ0n) is 10.6. The van der Waals surface area contributed by atoms with E-state index in [1.807, 2.05) is 20.8 Å². The number of nitrogens with zero attached hydrogens (tertiary/aromatic N) is 1. The van der Waals surface area contributed by atoms with Gasteiger partial charge in [0.05, 0.1) is 22.5 Å². The third-order valence-electron chi connectivity index (χ3n) is 2.29. The van der Waals surface area contributed by atoms with Gasteiger partial charge in [0, 0.05) is 0 Å². The molecule has 0 radical (unpaired) electrons. The van der Waals surface area contributed by atoms with Crippen molar-refractivity contribution in [3.8, 4) is 0 Å². The van der Waals surface area contributed by atoms with E-state index in [4.69, 9.17) is 16.3 Å². The fraction of sp³-hybridized carbons (Fsp3) is 0.385. The molecule has 1 heterocycles. The summed E-state index contributed by atoms with van der Waals surface area (Å²) in [6, 6.07) is 5.21. The predicted octanol–water partition coefficient (Wildman–Crippen LogP) is 3.26. The molecule has 2 aromatic rings. The summed E-state index contributed by atoms with van der Waals surface area (Å²) in [6.45, 7) is 5.52. The van der Waals surface area contributed by atoms with Crippen LogP contribution in [0.1, 0.15) is 37.0 Å². The normalized spacial score (nSPS) is 11.8. The number of aromatic amines is 1. The minimum absolute atomic E-state index is 0.316. The Morgan fingerprint density at radius 3 is 2.78 bits per heavy atom. The number of halogens is 1. The van der Waals surface area contributed by atoms with Crippen LogP contribution in [-0.4, -0.2) is 21.5 Å². The maximum absolute atomic E-state index is 11.9. The zero-order valence-corrected chi connectivity index (χ0v) is 11.3. The van der Waals surface area contributed by atoms with E-state index >= 15 is 0 Å². The topological polar surface area (TPSA) is 55.0 Å². The summed E-state index contributed by atoms with van der Waals surface area (Å²) in [5.41, 5.74) is 1.58. The second-order valence-electron chi connectivity index (χ2n) is 5.05. The fourth-order valence-corrected chi connectivity index (χ4v) is 1.72. The van der Waals surface area contributed by atoms with Crippen molar-refractivity contribution in [1.82, 2.24) is 9.97 Å². The smallest absolute Gasteiger partial charge is 0.338 e. The van der Waals surface area contributed by atoms with Gasteiger partial charge in [-0.2, -0.15) is 0 Å². The van der Waals surface area contributed by atoms with Crippen molar-refractivity contribution in [2.24, 2.45) is 0 Å². The Hall–Kier alpha value is -1.55. The zero-order chi connectivity index (χ0) is 13.3. The monoisotopic (exact) mass is 266 g/mol. The Morgan fingerprint density at radius 2 is 2.17 bits per heavy atom. The number of rotatable bonds is 2. The molecule has 2 rings (SSSR count). The summed E-state index contributed by atoms with van der Waals surface area (Å²) in [5, 5.41) is 0. The van der Waals surface area contributed by atoms with Crippen LogP contribution in [0.2, 0.25) is 0 Å². The maximum Gasteiger partial charge on any atom is 0.338 e. The van der Waals surface area contributed by atoms with Gasteiger partial charge >= 0.3 is 5.97 Å². The molecule has 1 aromatic heterocycles. The number of H-pyrrole nitrogens is 1. The number of hydrogen-bond acceptors (Lipinski definition) is 3. The number of nitrogens with one attached hydrogen (secondary N) is 1. The first kappa shape index (κ1) is 12.9. The van der Waals surface area contributed by atoms with Crippen LogP contribution in [0, 0.1) is 0 Å². The highest BCUT2D eigenvalue weighted by Gasteiger charge is 2.18. The molecule has 0 bridgehead atoms. The molecular formula is C13H15ClN2O2. The van der Waals surface area contributed by atoms with Crippen molar-refractivity contribution in [3.05, 3.63) is 29.6 Å². The SMILES string of the molecule is CC(C)(C)OC(=O)c1ccc2nc(CCl)[nH]c2c1. The van der Waals surface area contributed by atoms with Crippen LogP contribution >= 0.6 is 11.6 Å². The van der Waals surface area contributed by atoms with Gasteiger partial charge in [-0.1, -0.05) is 0 Å². The predicted molar refractivity (Wildman–Crippen MR) is 70.8 cm³/mol. The van der Waals surface area contributed by atoms with E-state index < -0.39 is 5.60 Å². The van der Waals surface area contributed by atoms with Gasteiger partial charge in [0.2, 0.25) is 0 Å². The molecule has 0 atom stereocenters. The summed E-state index contributed by atoms with van der Waals surface area (Å²) in [4.78, 5) is 19.2. The van der Waals surface area contributed by atoms with E-state index in [-0.39, 0.29) is 5.97 Å². The second-order valence-corrected chi connectivity index (χ2v) is 5.32. The van der Waals surface area contributed by atoms with E-state index in [1.165, 1.54) is 0 Å². The number of benzene rings is 1. The number of aromatic nitrogens is 2. The first-order chi connectivity index (χ1) is 8.39. The molecule has 1 N–H and O–H groups in total. The molecule has 0 spiro atoms. The average molecular weight is 267 g/mol. The van der Waals surface area contributed by atoms with E-state index in [0.29, 0.717) is 17.3 Å².